The fraction of sp³-hybridized carbons (Fsp3) is 0.429. The van der Waals surface area contributed by atoms with Crippen molar-refractivity contribution < 1.29 is 14.7 Å². The fourth-order valence-electron chi connectivity index (χ4n) is 2.36. The fourth-order valence-corrected chi connectivity index (χ4v) is 2.70. The number of halogens is 1. The molecule has 1 fully saturated rings. The lowest BCUT2D eigenvalue weighted by molar-refractivity contribution is -0.120. The molecule has 2 unspecified atom stereocenters. The van der Waals surface area contributed by atoms with Gasteiger partial charge in [0.1, 0.15) is 0 Å². The van der Waals surface area contributed by atoms with E-state index in [9.17, 15) is 9.59 Å². The number of rotatable bonds is 3. The van der Waals surface area contributed by atoms with Gasteiger partial charge in [-0.3, -0.25) is 4.79 Å². The van der Waals surface area contributed by atoms with Gasteiger partial charge in [0.05, 0.1) is 11.3 Å². The normalized spacial score (nSPS) is 22.3. The molecular weight excluding hydrogens is 324 g/mol. The predicted molar refractivity (Wildman–Crippen MR) is 79.9 cm³/mol. The van der Waals surface area contributed by atoms with E-state index in [1.807, 2.05) is 0 Å². The summed E-state index contributed by atoms with van der Waals surface area (Å²) in [4.78, 5) is 23.2. The maximum atomic E-state index is 12.2. The van der Waals surface area contributed by atoms with Crippen LogP contribution in [-0.4, -0.2) is 29.6 Å². The molecule has 1 aliphatic heterocycles. The van der Waals surface area contributed by atoms with Crippen molar-refractivity contribution >= 4 is 33.5 Å². The molecule has 1 aliphatic rings. The maximum absolute atomic E-state index is 12.2. The molecule has 0 radical (unpaired) electrons. The van der Waals surface area contributed by atoms with Gasteiger partial charge in [0.25, 0.3) is 0 Å². The Hall–Kier alpha value is -1.40. The summed E-state index contributed by atoms with van der Waals surface area (Å²) < 4.78 is 0.679. The molecule has 1 amide bonds. The van der Waals surface area contributed by atoms with E-state index in [1.54, 1.807) is 6.07 Å². The van der Waals surface area contributed by atoms with Crippen LogP contribution in [-0.2, 0) is 4.79 Å². The van der Waals surface area contributed by atoms with Crippen LogP contribution < -0.4 is 10.6 Å². The zero-order valence-electron chi connectivity index (χ0n) is 11.1. The molecule has 2 rings (SSSR count). The van der Waals surface area contributed by atoms with Crippen LogP contribution in [0.2, 0.25) is 0 Å². The van der Waals surface area contributed by atoms with E-state index < -0.39 is 5.97 Å². The number of hydrogen-bond donors (Lipinski definition) is 3. The second-order valence-corrected chi connectivity index (χ2v) is 5.92. The molecule has 0 saturated carbocycles. The van der Waals surface area contributed by atoms with Crippen molar-refractivity contribution in [3.05, 3.63) is 28.2 Å². The van der Waals surface area contributed by atoms with Gasteiger partial charge in [0.15, 0.2) is 0 Å². The molecule has 1 saturated heterocycles. The summed E-state index contributed by atoms with van der Waals surface area (Å²) in [5.74, 6) is -1.10. The molecule has 1 aromatic rings. The molecule has 20 heavy (non-hydrogen) atoms. The van der Waals surface area contributed by atoms with Crippen LogP contribution in [0.1, 0.15) is 30.1 Å². The largest absolute Gasteiger partial charge is 0.478 e. The van der Waals surface area contributed by atoms with E-state index in [1.165, 1.54) is 12.1 Å². The smallest absolute Gasteiger partial charge is 0.335 e. The number of benzene rings is 1. The molecule has 108 valence electrons. The Bertz CT molecular complexity index is 533. The van der Waals surface area contributed by atoms with Gasteiger partial charge in [0, 0.05) is 16.4 Å². The molecule has 1 heterocycles. The van der Waals surface area contributed by atoms with Gasteiger partial charge in [-0.05, 0) is 60.4 Å². The van der Waals surface area contributed by atoms with Crippen molar-refractivity contribution in [1.29, 1.82) is 0 Å². The lowest BCUT2D eigenvalue weighted by atomic mass is 9.92. The van der Waals surface area contributed by atoms with E-state index in [0.29, 0.717) is 16.2 Å². The first-order valence-corrected chi connectivity index (χ1v) is 7.33. The lowest BCUT2D eigenvalue weighted by Crippen LogP contribution is -2.40. The molecule has 0 bridgehead atoms. The Kier molecular flexibility index (Phi) is 4.77. The first-order chi connectivity index (χ1) is 9.47. The van der Waals surface area contributed by atoms with Gasteiger partial charge in [0.2, 0.25) is 5.91 Å². The average Bonchev–Trinajstić information content (AvgIpc) is 2.41. The molecule has 2 atom stereocenters. The highest BCUT2D eigenvalue weighted by Gasteiger charge is 2.25. The molecular formula is C14H17BrN2O3. The number of nitrogens with one attached hydrogen (secondary N) is 2. The summed E-state index contributed by atoms with van der Waals surface area (Å²) >= 11 is 3.32. The van der Waals surface area contributed by atoms with Crippen molar-refractivity contribution in [1.82, 2.24) is 5.32 Å². The van der Waals surface area contributed by atoms with Crippen molar-refractivity contribution in [2.45, 2.75) is 25.8 Å². The number of hydrogen-bond acceptors (Lipinski definition) is 3. The molecule has 1 aromatic carbocycles. The molecule has 5 nitrogen and oxygen atoms in total. The average molecular weight is 341 g/mol. The summed E-state index contributed by atoms with van der Waals surface area (Å²) in [7, 11) is 0. The highest BCUT2D eigenvalue weighted by Crippen LogP contribution is 2.26. The number of anilines is 1. The topological polar surface area (TPSA) is 78.4 Å². The maximum Gasteiger partial charge on any atom is 0.335 e. The summed E-state index contributed by atoms with van der Waals surface area (Å²) in [6, 6.07) is 4.92. The van der Waals surface area contributed by atoms with E-state index in [4.69, 9.17) is 5.11 Å². The first-order valence-electron chi connectivity index (χ1n) is 6.54. The van der Waals surface area contributed by atoms with Crippen LogP contribution in [0.3, 0.4) is 0 Å². The van der Waals surface area contributed by atoms with Crippen LogP contribution in [0.15, 0.2) is 22.7 Å². The zero-order valence-corrected chi connectivity index (χ0v) is 12.7. The minimum atomic E-state index is -1.01. The molecule has 0 aliphatic carbocycles. The lowest BCUT2D eigenvalue weighted by Gasteiger charge is -2.27. The third kappa shape index (κ3) is 3.58. The second-order valence-electron chi connectivity index (χ2n) is 5.07. The van der Waals surface area contributed by atoms with Crippen LogP contribution in [0.4, 0.5) is 5.69 Å². The molecule has 0 aromatic heterocycles. The first kappa shape index (κ1) is 15.0. The van der Waals surface area contributed by atoms with Crippen molar-refractivity contribution in [2.75, 3.05) is 11.9 Å². The number of carboxylic acids is 1. The Balaban J connectivity index is 2.10. The van der Waals surface area contributed by atoms with E-state index in [0.717, 1.165) is 19.4 Å². The number of carbonyl (C=O) groups excluding carboxylic acids is 1. The number of amides is 1. The number of carbonyl (C=O) groups is 2. The van der Waals surface area contributed by atoms with Gasteiger partial charge >= 0.3 is 5.97 Å². The van der Waals surface area contributed by atoms with Gasteiger partial charge in [-0.1, -0.05) is 0 Å². The number of piperidine rings is 1. The van der Waals surface area contributed by atoms with E-state index in [2.05, 4.69) is 33.5 Å². The van der Waals surface area contributed by atoms with Crippen molar-refractivity contribution in [3.63, 3.8) is 0 Å². The monoisotopic (exact) mass is 340 g/mol. The van der Waals surface area contributed by atoms with Crippen LogP contribution in [0, 0.1) is 5.92 Å². The predicted octanol–water partition coefficient (Wildman–Crippen LogP) is 2.47. The minimum absolute atomic E-state index is 0.0355. The van der Waals surface area contributed by atoms with E-state index in [-0.39, 0.29) is 17.4 Å². The third-order valence-electron chi connectivity index (χ3n) is 3.47. The standard InChI is InChI=1S/C14H17BrN2O3/c1-8-6-9(4-5-16-8)13(18)17-12-7-10(14(19)20)2-3-11(12)15/h2-3,7-9,16H,4-6H2,1H3,(H,17,18)(H,19,20). The van der Waals surface area contributed by atoms with Gasteiger partial charge in [-0.25, -0.2) is 4.79 Å². The Labute approximate surface area is 125 Å². The summed E-state index contributed by atoms with van der Waals surface area (Å²) in [6.07, 6.45) is 1.59. The van der Waals surface area contributed by atoms with E-state index >= 15 is 0 Å². The minimum Gasteiger partial charge on any atom is -0.478 e. The SMILES string of the molecule is CC1CC(C(=O)Nc2cc(C(=O)O)ccc2Br)CCN1. The number of carboxylic acid groups (broad SMARTS) is 1. The van der Waals surface area contributed by atoms with Crippen molar-refractivity contribution in [2.24, 2.45) is 5.92 Å². The summed E-state index contributed by atoms with van der Waals surface area (Å²) in [5, 5.41) is 15.1. The highest BCUT2D eigenvalue weighted by atomic mass is 79.9. The van der Waals surface area contributed by atoms with Gasteiger partial charge < -0.3 is 15.7 Å². The summed E-state index contributed by atoms with van der Waals surface area (Å²) in [5.41, 5.74) is 0.656. The third-order valence-corrected chi connectivity index (χ3v) is 4.16. The second kappa shape index (κ2) is 6.37. The molecule has 6 heteroatoms. The summed E-state index contributed by atoms with van der Waals surface area (Å²) in [6.45, 7) is 2.88. The quantitative estimate of drug-likeness (QED) is 0.789. The Morgan fingerprint density at radius 1 is 1.45 bits per heavy atom. The molecule has 0 spiro atoms. The highest BCUT2D eigenvalue weighted by molar-refractivity contribution is 9.10. The van der Waals surface area contributed by atoms with Crippen molar-refractivity contribution in [3.8, 4) is 0 Å². The van der Waals surface area contributed by atoms with Crippen LogP contribution in [0.25, 0.3) is 0 Å². The Morgan fingerprint density at radius 2 is 2.20 bits per heavy atom. The van der Waals surface area contributed by atoms with Gasteiger partial charge in [-0.15, -0.1) is 0 Å². The van der Waals surface area contributed by atoms with Crippen LogP contribution >= 0.6 is 15.9 Å². The zero-order chi connectivity index (χ0) is 14.7. The number of aromatic carboxylic acids is 1. The molecule has 3 N–H and O–H groups in total. The Morgan fingerprint density at radius 3 is 2.85 bits per heavy atom. The van der Waals surface area contributed by atoms with Crippen LogP contribution in [0.5, 0.6) is 0 Å². The van der Waals surface area contributed by atoms with Gasteiger partial charge in [-0.2, -0.15) is 0 Å².